The lowest BCUT2D eigenvalue weighted by Crippen LogP contribution is -2.47. The molecular formula is C10H19N3O3. The third-order valence-corrected chi connectivity index (χ3v) is 2.67. The fraction of sp³-hybridized carbons (Fsp3) is 0.800. The summed E-state index contributed by atoms with van der Waals surface area (Å²) in [6, 6.07) is -0.823. The van der Waals surface area contributed by atoms with Crippen LogP contribution >= 0.6 is 0 Å². The first-order chi connectivity index (χ1) is 7.39. The highest BCUT2D eigenvalue weighted by atomic mass is 16.3. The Morgan fingerprint density at radius 1 is 1.56 bits per heavy atom. The zero-order valence-corrected chi connectivity index (χ0v) is 9.53. The number of aliphatic hydroxyl groups is 1. The van der Waals surface area contributed by atoms with Crippen molar-refractivity contribution in [1.82, 2.24) is 10.2 Å². The number of urea groups is 1. The van der Waals surface area contributed by atoms with Gasteiger partial charge >= 0.3 is 6.03 Å². The van der Waals surface area contributed by atoms with Gasteiger partial charge in [0.15, 0.2) is 0 Å². The quantitative estimate of drug-likeness (QED) is 0.603. The molecule has 3 amide bonds. The fourth-order valence-corrected chi connectivity index (χ4v) is 1.97. The maximum absolute atomic E-state index is 11.2. The third kappa shape index (κ3) is 4.59. The molecular weight excluding hydrogens is 210 g/mol. The number of rotatable bonds is 3. The normalized spacial score (nSPS) is 26.4. The van der Waals surface area contributed by atoms with E-state index in [4.69, 9.17) is 5.73 Å². The van der Waals surface area contributed by atoms with E-state index >= 15 is 0 Å². The van der Waals surface area contributed by atoms with Crippen molar-refractivity contribution in [1.29, 1.82) is 0 Å². The molecule has 1 rings (SSSR count). The van der Waals surface area contributed by atoms with Crippen LogP contribution in [0.4, 0.5) is 4.79 Å². The van der Waals surface area contributed by atoms with Gasteiger partial charge in [0.05, 0.1) is 5.60 Å². The molecule has 1 atom stereocenters. The monoisotopic (exact) mass is 229 g/mol. The van der Waals surface area contributed by atoms with Gasteiger partial charge in [-0.05, 0) is 26.3 Å². The van der Waals surface area contributed by atoms with Gasteiger partial charge in [-0.25, -0.2) is 4.79 Å². The Morgan fingerprint density at radius 2 is 2.25 bits per heavy atom. The number of amides is 3. The highest BCUT2D eigenvalue weighted by Crippen LogP contribution is 2.19. The molecule has 6 heteroatoms. The van der Waals surface area contributed by atoms with Crippen molar-refractivity contribution in [3.8, 4) is 0 Å². The van der Waals surface area contributed by atoms with Crippen molar-refractivity contribution in [2.45, 2.75) is 31.8 Å². The molecule has 1 unspecified atom stereocenters. The van der Waals surface area contributed by atoms with E-state index in [2.05, 4.69) is 0 Å². The topological polar surface area (TPSA) is 95.7 Å². The molecule has 92 valence electrons. The first-order valence-electron chi connectivity index (χ1n) is 5.43. The van der Waals surface area contributed by atoms with Gasteiger partial charge in [0.25, 0.3) is 0 Å². The number of primary amides is 1. The highest BCUT2D eigenvalue weighted by Gasteiger charge is 2.28. The first-order valence-corrected chi connectivity index (χ1v) is 5.43. The van der Waals surface area contributed by atoms with Gasteiger partial charge in [-0.1, -0.05) is 0 Å². The van der Waals surface area contributed by atoms with Crippen molar-refractivity contribution < 1.29 is 14.7 Å². The van der Waals surface area contributed by atoms with Gasteiger partial charge in [0, 0.05) is 19.5 Å². The van der Waals surface area contributed by atoms with E-state index in [9.17, 15) is 14.7 Å². The zero-order valence-electron chi connectivity index (χ0n) is 9.53. The molecule has 4 N–H and O–H groups in total. The summed E-state index contributed by atoms with van der Waals surface area (Å²) in [6.45, 7) is 3.77. The summed E-state index contributed by atoms with van der Waals surface area (Å²) in [7, 11) is 0. The number of nitrogens with zero attached hydrogens (tertiary/aromatic N) is 1. The van der Waals surface area contributed by atoms with Gasteiger partial charge in [0.2, 0.25) is 5.91 Å². The molecule has 1 fully saturated rings. The number of piperidine rings is 1. The van der Waals surface area contributed by atoms with Crippen LogP contribution in [0.3, 0.4) is 0 Å². The molecule has 0 spiro atoms. The van der Waals surface area contributed by atoms with E-state index in [1.165, 1.54) is 0 Å². The van der Waals surface area contributed by atoms with Gasteiger partial charge in [-0.2, -0.15) is 0 Å². The minimum absolute atomic E-state index is 0.221. The second kappa shape index (κ2) is 5.27. The molecule has 0 aromatic carbocycles. The number of carbonyl (C=O) groups excluding carboxylic acids is 2. The Bertz CT molecular complexity index is 278. The van der Waals surface area contributed by atoms with Crippen molar-refractivity contribution in [2.75, 3.05) is 19.6 Å². The maximum atomic E-state index is 11.2. The van der Waals surface area contributed by atoms with Crippen LogP contribution in [0.5, 0.6) is 0 Å². The third-order valence-electron chi connectivity index (χ3n) is 2.67. The lowest BCUT2D eigenvalue weighted by molar-refractivity contribution is -0.120. The molecule has 0 aromatic rings. The van der Waals surface area contributed by atoms with Crippen LogP contribution in [0.15, 0.2) is 0 Å². The van der Waals surface area contributed by atoms with Gasteiger partial charge in [0.1, 0.15) is 0 Å². The molecule has 1 heterocycles. The average Bonchev–Trinajstić information content (AvgIpc) is 2.12. The second-order valence-electron chi connectivity index (χ2n) is 4.54. The Labute approximate surface area is 94.8 Å². The van der Waals surface area contributed by atoms with Gasteiger partial charge < -0.3 is 10.8 Å². The summed E-state index contributed by atoms with van der Waals surface area (Å²) in [4.78, 5) is 23.6. The second-order valence-corrected chi connectivity index (χ2v) is 4.54. The largest absolute Gasteiger partial charge is 0.389 e. The van der Waals surface area contributed by atoms with Crippen molar-refractivity contribution in [3.63, 3.8) is 0 Å². The number of carbonyl (C=O) groups is 2. The zero-order chi connectivity index (χ0) is 12.2. The average molecular weight is 229 g/mol. The molecule has 16 heavy (non-hydrogen) atoms. The van der Waals surface area contributed by atoms with E-state index in [0.29, 0.717) is 13.1 Å². The Kier molecular flexibility index (Phi) is 4.26. The Balaban J connectivity index is 2.27. The summed E-state index contributed by atoms with van der Waals surface area (Å²) in [5, 5.41) is 11.9. The Hall–Kier alpha value is -1.14. The van der Waals surface area contributed by atoms with Crippen LogP contribution in [0, 0.1) is 0 Å². The summed E-state index contributed by atoms with van der Waals surface area (Å²) in [6.07, 6.45) is 1.93. The van der Waals surface area contributed by atoms with E-state index in [1.54, 1.807) is 6.92 Å². The standard InChI is InChI=1S/C10H19N3O3/c1-10(16)4-2-5-13(7-10)6-3-8(14)12-9(11)15/h16H,2-7H2,1H3,(H3,11,12,14,15). The number of likely N-dealkylation sites (tertiary alicyclic amines) is 1. The van der Waals surface area contributed by atoms with E-state index in [1.807, 2.05) is 10.2 Å². The smallest absolute Gasteiger partial charge is 0.318 e. The minimum Gasteiger partial charge on any atom is -0.389 e. The molecule has 0 aromatic heterocycles. The van der Waals surface area contributed by atoms with E-state index in [-0.39, 0.29) is 12.3 Å². The van der Waals surface area contributed by atoms with Crippen LogP contribution in [0.25, 0.3) is 0 Å². The predicted molar refractivity (Wildman–Crippen MR) is 58.6 cm³/mol. The SMILES string of the molecule is CC1(O)CCCN(CCC(=O)NC(N)=O)C1. The first kappa shape index (κ1) is 12.9. The number of β-amino-alcohol motifs (C(OH)–C–C–N with tert-alkyl or cyclic N) is 1. The highest BCUT2D eigenvalue weighted by molar-refractivity contribution is 5.93. The maximum Gasteiger partial charge on any atom is 0.318 e. The number of hydrogen-bond acceptors (Lipinski definition) is 4. The van der Waals surface area contributed by atoms with E-state index < -0.39 is 11.6 Å². The molecule has 0 saturated carbocycles. The number of hydrogen-bond donors (Lipinski definition) is 3. The van der Waals surface area contributed by atoms with Crippen molar-refractivity contribution in [2.24, 2.45) is 5.73 Å². The van der Waals surface area contributed by atoms with Crippen LogP contribution in [-0.4, -0.2) is 47.2 Å². The molecule has 1 aliphatic heterocycles. The number of imide groups is 1. The Morgan fingerprint density at radius 3 is 2.81 bits per heavy atom. The summed E-state index contributed by atoms with van der Waals surface area (Å²) in [5.74, 6) is -0.377. The van der Waals surface area contributed by atoms with Crippen LogP contribution < -0.4 is 11.1 Å². The van der Waals surface area contributed by atoms with Crippen LogP contribution in [0.1, 0.15) is 26.2 Å². The van der Waals surface area contributed by atoms with Crippen LogP contribution in [0.2, 0.25) is 0 Å². The van der Waals surface area contributed by atoms with E-state index in [0.717, 1.165) is 19.4 Å². The molecule has 1 saturated heterocycles. The van der Waals surface area contributed by atoms with Crippen LogP contribution in [-0.2, 0) is 4.79 Å². The predicted octanol–water partition coefficient (Wildman–Crippen LogP) is -0.582. The van der Waals surface area contributed by atoms with Crippen molar-refractivity contribution in [3.05, 3.63) is 0 Å². The van der Waals surface area contributed by atoms with Crippen molar-refractivity contribution >= 4 is 11.9 Å². The lowest BCUT2D eigenvalue weighted by Gasteiger charge is -2.36. The molecule has 0 aliphatic carbocycles. The minimum atomic E-state index is -0.823. The van der Waals surface area contributed by atoms with Gasteiger partial charge in [-0.3, -0.25) is 15.0 Å². The molecule has 1 aliphatic rings. The number of nitrogens with one attached hydrogen (secondary N) is 1. The summed E-state index contributed by atoms with van der Waals surface area (Å²) >= 11 is 0. The molecule has 6 nitrogen and oxygen atoms in total. The molecule has 0 radical (unpaired) electrons. The van der Waals surface area contributed by atoms with Gasteiger partial charge in [-0.15, -0.1) is 0 Å². The summed E-state index contributed by atoms with van der Waals surface area (Å²) in [5.41, 5.74) is 4.15. The lowest BCUT2D eigenvalue weighted by atomic mass is 9.95. The molecule has 0 bridgehead atoms. The number of nitrogens with two attached hydrogens (primary N) is 1. The fourth-order valence-electron chi connectivity index (χ4n) is 1.97. The summed E-state index contributed by atoms with van der Waals surface area (Å²) < 4.78 is 0.